The Bertz CT molecular complexity index is 1450. The van der Waals surface area contributed by atoms with Crippen molar-refractivity contribution in [2.45, 2.75) is 81.1 Å². The zero-order valence-corrected chi connectivity index (χ0v) is 36.7. The van der Waals surface area contributed by atoms with Crippen LogP contribution in [0.5, 0.6) is 0 Å². The van der Waals surface area contributed by atoms with Crippen molar-refractivity contribution in [2.75, 3.05) is 0 Å². The molecule has 0 bridgehead atoms. The number of halogens is 2. The fraction of sp³-hybridized carbons (Fsp3) is 0.300. The number of hydrogen-bond donors (Lipinski definition) is 0. The van der Waals surface area contributed by atoms with Crippen molar-refractivity contribution < 1.29 is 72.6 Å². The summed E-state index contributed by atoms with van der Waals surface area (Å²) in [7, 11) is 0. The average molecular weight is 955 g/mol. The Labute approximate surface area is 309 Å². The van der Waals surface area contributed by atoms with E-state index in [1.54, 1.807) is 0 Å². The normalized spacial score (nSPS) is 14.8. The fourth-order valence-corrected chi connectivity index (χ4v) is 6.43. The average Bonchev–Trinajstić information content (AvgIpc) is 3.69. The molecule has 228 valence electrons. The molecule has 2 aliphatic rings. The van der Waals surface area contributed by atoms with Crippen LogP contribution >= 0.6 is 0 Å². The van der Waals surface area contributed by atoms with Gasteiger partial charge in [0.2, 0.25) is 0 Å². The smallest absolute Gasteiger partial charge is 0.0168 e. The molecular formula is C40H46Cl2Hf2. The predicted octanol–water partition coefficient (Wildman–Crippen LogP) is 4.31. The third kappa shape index (κ3) is 8.52. The number of allylic oxidation sites excluding steroid dienone is 2. The van der Waals surface area contributed by atoms with Crippen LogP contribution in [0.4, 0.5) is 0 Å². The predicted molar refractivity (Wildman–Crippen MR) is 180 cm³/mol. The van der Waals surface area contributed by atoms with Crippen molar-refractivity contribution >= 4 is 19.7 Å². The zero-order valence-electron chi connectivity index (χ0n) is 28.0. The van der Waals surface area contributed by atoms with E-state index in [9.17, 15) is 0 Å². The molecule has 0 saturated heterocycles. The first kappa shape index (κ1) is 40.7. The van der Waals surface area contributed by atoms with Crippen LogP contribution in [0.1, 0.15) is 104 Å². The van der Waals surface area contributed by atoms with Crippen molar-refractivity contribution in [3.05, 3.63) is 139 Å². The SMILES string of the molecule is C[CH]=[Hf+2].C[CH]=[Hf+2].Cc1c(C)c(C)[c-](C2C=Cc3ccccc32)c1C.Cc1c(C)c(C)[c-](C2C=Cc3ccccc32)c1C.[Cl-].[Cl-]. The van der Waals surface area contributed by atoms with Gasteiger partial charge in [-0.15, -0.1) is 11.1 Å². The molecule has 6 rings (SSSR count). The Morgan fingerprint density at radius 1 is 0.500 bits per heavy atom. The van der Waals surface area contributed by atoms with Crippen molar-refractivity contribution in [1.29, 1.82) is 0 Å². The summed E-state index contributed by atoms with van der Waals surface area (Å²) in [6.07, 6.45) is 9.21. The maximum atomic E-state index is 2.35. The first-order chi connectivity index (χ1) is 20.0. The van der Waals surface area contributed by atoms with E-state index in [2.05, 4.69) is 150 Å². The van der Waals surface area contributed by atoms with E-state index in [4.69, 9.17) is 0 Å². The molecule has 2 unspecified atom stereocenters. The van der Waals surface area contributed by atoms with Gasteiger partial charge in [-0.05, 0) is 34.1 Å². The van der Waals surface area contributed by atoms with E-state index in [1.807, 2.05) is 0 Å². The Morgan fingerprint density at radius 3 is 1.02 bits per heavy atom. The van der Waals surface area contributed by atoms with Gasteiger partial charge in [0.05, 0.1) is 0 Å². The van der Waals surface area contributed by atoms with Gasteiger partial charge in [-0.3, -0.25) is 0 Å². The number of fused-ring (bicyclic) bond motifs is 2. The summed E-state index contributed by atoms with van der Waals surface area (Å²) in [5.41, 5.74) is 20.4. The van der Waals surface area contributed by atoms with Crippen LogP contribution in [0.2, 0.25) is 0 Å². The van der Waals surface area contributed by atoms with Crippen molar-refractivity contribution in [2.24, 2.45) is 0 Å². The van der Waals surface area contributed by atoms with Gasteiger partial charge in [-0.2, -0.15) is 44.5 Å². The Kier molecular flexibility index (Phi) is 17.3. The van der Waals surface area contributed by atoms with E-state index in [1.165, 1.54) is 126 Å². The third-order valence-electron chi connectivity index (χ3n) is 9.21. The van der Waals surface area contributed by atoms with Crippen molar-refractivity contribution in [3.8, 4) is 0 Å². The maximum Gasteiger partial charge on any atom is -0.0168 e. The van der Waals surface area contributed by atoms with E-state index in [0.717, 1.165) is 0 Å². The Balaban J connectivity index is 0.000000360. The van der Waals surface area contributed by atoms with Crippen LogP contribution in [-0.4, -0.2) is 7.52 Å². The first-order valence-corrected chi connectivity index (χ1v) is 19.1. The standard InChI is InChI=1S/2C18H19.2C2H4.2ClH.2Hf/c2*1-11-12(2)14(4)18(13(11)3)17-10-9-15-7-5-6-8-16(15)17;2*1-2;;;;/h2*5-10,17H,1-4H3;2*1H,2H3;2*1H;;/q2*-1;;;;;2*+2/p-2. The first-order valence-electron chi connectivity index (χ1n) is 15.0. The second-order valence-corrected chi connectivity index (χ2v) is 15.5. The summed E-state index contributed by atoms with van der Waals surface area (Å²) in [6.45, 7) is 22.1. The molecule has 0 aliphatic heterocycles. The minimum atomic E-state index is 0. The molecule has 4 aromatic rings. The van der Waals surface area contributed by atoms with Crippen LogP contribution in [0.25, 0.3) is 12.2 Å². The van der Waals surface area contributed by atoms with E-state index in [0.29, 0.717) is 11.8 Å². The second kappa shape index (κ2) is 18.7. The van der Waals surface area contributed by atoms with Gasteiger partial charge in [0.1, 0.15) is 0 Å². The van der Waals surface area contributed by atoms with Crippen LogP contribution in [0.15, 0.2) is 60.7 Å². The molecule has 0 amide bonds. The maximum absolute atomic E-state index is 2.35. The summed E-state index contributed by atoms with van der Waals surface area (Å²) in [4.78, 5) is 0. The molecule has 0 radical (unpaired) electrons. The van der Waals surface area contributed by atoms with Gasteiger partial charge in [-0.25, -0.2) is 0 Å². The molecule has 2 atom stereocenters. The summed E-state index contributed by atoms with van der Waals surface area (Å²) in [5, 5.41) is 0. The monoisotopic (exact) mass is 956 g/mol. The largest absolute Gasteiger partial charge is 1.00 e. The van der Waals surface area contributed by atoms with Gasteiger partial charge in [0, 0.05) is 0 Å². The third-order valence-corrected chi connectivity index (χ3v) is 9.21. The Morgan fingerprint density at radius 2 is 0.750 bits per heavy atom. The van der Waals surface area contributed by atoms with Crippen LogP contribution in [0, 0.1) is 55.4 Å². The molecule has 0 aromatic heterocycles. The van der Waals surface area contributed by atoms with Gasteiger partial charge in [0.25, 0.3) is 0 Å². The number of rotatable bonds is 2. The fourth-order valence-electron chi connectivity index (χ4n) is 6.43. The van der Waals surface area contributed by atoms with Gasteiger partial charge in [-0.1, -0.05) is 128 Å². The minimum Gasteiger partial charge on any atom is -1.00 e. The van der Waals surface area contributed by atoms with E-state index in [-0.39, 0.29) is 24.8 Å². The molecule has 4 heteroatoms. The molecule has 44 heavy (non-hydrogen) atoms. The second-order valence-electron chi connectivity index (χ2n) is 11.3. The minimum absolute atomic E-state index is 0. The molecule has 0 nitrogen and oxygen atoms in total. The summed E-state index contributed by atoms with van der Waals surface area (Å²) in [6, 6.07) is 17.5. The molecule has 0 heterocycles. The molecule has 0 N–H and O–H groups in total. The van der Waals surface area contributed by atoms with Crippen LogP contribution in [-0.2, 0) is 47.8 Å². The van der Waals surface area contributed by atoms with Crippen LogP contribution < -0.4 is 24.8 Å². The van der Waals surface area contributed by atoms with Crippen molar-refractivity contribution in [1.82, 2.24) is 0 Å². The molecule has 2 aliphatic carbocycles. The zero-order chi connectivity index (χ0) is 31.1. The quantitative estimate of drug-likeness (QED) is 0.208. The topological polar surface area (TPSA) is 0 Å². The summed E-state index contributed by atoms with van der Waals surface area (Å²) >= 11 is 2.49. The molecular weight excluding hydrogens is 908 g/mol. The molecule has 0 spiro atoms. The van der Waals surface area contributed by atoms with Crippen LogP contribution in [0.3, 0.4) is 0 Å². The van der Waals surface area contributed by atoms with Gasteiger partial charge < -0.3 is 24.8 Å². The van der Waals surface area contributed by atoms with Gasteiger partial charge in [0.15, 0.2) is 0 Å². The molecule has 4 aromatic carbocycles. The van der Waals surface area contributed by atoms with E-state index >= 15 is 0 Å². The Hall–Kier alpha value is -1.32. The summed E-state index contributed by atoms with van der Waals surface area (Å²) < 4.78 is 4.28. The number of benzene rings is 2. The molecule has 0 fully saturated rings. The number of hydrogen-bond acceptors (Lipinski definition) is 0. The van der Waals surface area contributed by atoms with Crippen molar-refractivity contribution in [3.63, 3.8) is 0 Å². The van der Waals surface area contributed by atoms with E-state index < -0.39 is 0 Å². The molecule has 0 saturated carbocycles. The van der Waals surface area contributed by atoms with Gasteiger partial charge >= 0.3 is 69.1 Å². The summed E-state index contributed by atoms with van der Waals surface area (Å²) in [5.74, 6) is 0.905.